The zero-order valence-electron chi connectivity index (χ0n) is 13.1. The van der Waals surface area contributed by atoms with Crippen molar-refractivity contribution in [3.8, 4) is 0 Å². The number of benzene rings is 1. The minimum atomic E-state index is -0.124. The van der Waals surface area contributed by atoms with Gasteiger partial charge in [-0.25, -0.2) is 0 Å². The first kappa shape index (κ1) is 15.7. The number of rotatable bonds is 4. The molecule has 1 rings (SSSR count). The molecule has 0 unspecified atom stereocenters. The van der Waals surface area contributed by atoms with Gasteiger partial charge in [-0.3, -0.25) is 4.79 Å². The van der Waals surface area contributed by atoms with Crippen LogP contribution in [0.2, 0.25) is 0 Å². The first-order valence-corrected chi connectivity index (χ1v) is 6.93. The Morgan fingerprint density at radius 2 is 1.68 bits per heavy atom. The molecule has 1 aromatic rings. The van der Waals surface area contributed by atoms with Crippen molar-refractivity contribution in [3.05, 3.63) is 34.4 Å². The average molecular weight is 262 g/mol. The Hall–Kier alpha value is -1.31. The monoisotopic (exact) mass is 262 g/mol. The lowest BCUT2D eigenvalue weighted by Gasteiger charge is -2.22. The molecule has 106 valence electrons. The van der Waals surface area contributed by atoms with Crippen molar-refractivity contribution in [1.82, 2.24) is 0 Å². The molecule has 2 heteroatoms. The summed E-state index contributed by atoms with van der Waals surface area (Å²) in [5.74, 6) is -0.124. The van der Waals surface area contributed by atoms with Gasteiger partial charge in [-0.05, 0) is 54.4 Å². The third-order valence-corrected chi connectivity index (χ3v) is 3.60. The molecule has 0 aliphatic heterocycles. The van der Waals surface area contributed by atoms with Gasteiger partial charge in [0, 0.05) is 6.42 Å². The Kier molecular flexibility index (Phi) is 5.16. The van der Waals surface area contributed by atoms with Crippen molar-refractivity contribution < 1.29 is 9.53 Å². The van der Waals surface area contributed by atoms with E-state index < -0.39 is 0 Å². The Bertz CT molecular complexity index is 430. The van der Waals surface area contributed by atoms with Crippen molar-refractivity contribution in [1.29, 1.82) is 0 Å². The van der Waals surface area contributed by atoms with Gasteiger partial charge in [-0.1, -0.05) is 32.9 Å². The molecule has 0 atom stereocenters. The van der Waals surface area contributed by atoms with Gasteiger partial charge in [0.2, 0.25) is 0 Å². The predicted octanol–water partition coefficient (Wildman–Crippen LogP) is 4.10. The molecule has 0 N–H and O–H groups in total. The fourth-order valence-corrected chi connectivity index (χ4v) is 2.33. The van der Waals surface area contributed by atoms with Crippen LogP contribution in [-0.4, -0.2) is 13.1 Å². The molecule has 0 aromatic heterocycles. The van der Waals surface area contributed by atoms with Crippen LogP contribution in [-0.2, 0) is 21.4 Å². The highest BCUT2D eigenvalue weighted by molar-refractivity contribution is 5.69. The average Bonchev–Trinajstić information content (AvgIpc) is 2.30. The van der Waals surface area contributed by atoms with Gasteiger partial charge >= 0.3 is 5.97 Å². The highest BCUT2D eigenvalue weighted by Gasteiger charge is 2.16. The van der Waals surface area contributed by atoms with Crippen LogP contribution in [0.25, 0.3) is 0 Å². The SMILES string of the molecule is COC(=O)CCCc1c(C)cc(C(C)(C)C)cc1C. The minimum absolute atomic E-state index is 0.124. The molecule has 0 aliphatic carbocycles. The predicted molar refractivity (Wildman–Crippen MR) is 79.6 cm³/mol. The van der Waals surface area contributed by atoms with E-state index in [9.17, 15) is 4.79 Å². The third kappa shape index (κ3) is 4.38. The molecule has 0 heterocycles. The second kappa shape index (κ2) is 6.23. The Labute approximate surface area is 117 Å². The molecule has 2 nitrogen and oxygen atoms in total. The molecule has 0 spiro atoms. The zero-order chi connectivity index (χ0) is 14.6. The highest BCUT2D eigenvalue weighted by Crippen LogP contribution is 2.27. The van der Waals surface area contributed by atoms with Crippen LogP contribution in [0.4, 0.5) is 0 Å². The maximum absolute atomic E-state index is 11.1. The molecule has 0 saturated carbocycles. The number of hydrogen-bond acceptors (Lipinski definition) is 2. The Morgan fingerprint density at radius 3 is 2.11 bits per heavy atom. The van der Waals surface area contributed by atoms with Gasteiger partial charge in [0.1, 0.15) is 0 Å². The largest absolute Gasteiger partial charge is 0.469 e. The number of aryl methyl sites for hydroxylation is 2. The number of methoxy groups -OCH3 is 1. The smallest absolute Gasteiger partial charge is 0.305 e. The van der Waals surface area contributed by atoms with Crippen LogP contribution in [0, 0.1) is 13.8 Å². The summed E-state index contributed by atoms with van der Waals surface area (Å²) in [5.41, 5.74) is 5.58. The molecule has 19 heavy (non-hydrogen) atoms. The van der Waals surface area contributed by atoms with Crippen LogP contribution in [0.1, 0.15) is 55.9 Å². The fourth-order valence-electron chi connectivity index (χ4n) is 2.33. The summed E-state index contributed by atoms with van der Waals surface area (Å²) < 4.78 is 4.67. The minimum Gasteiger partial charge on any atom is -0.469 e. The molecule has 0 bridgehead atoms. The molecule has 1 aromatic carbocycles. The number of esters is 1. The number of hydrogen-bond donors (Lipinski definition) is 0. The van der Waals surface area contributed by atoms with Gasteiger partial charge < -0.3 is 4.74 Å². The van der Waals surface area contributed by atoms with Crippen molar-refractivity contribution in [2.45, 2.75) is 59.3 Å². The number of ether oxygens (including phenoxy) is 1. The Morgan fingerprint density at radius 1 is 1.16 bits per heavy atom. The summed E-state index contributed by atoms with van der Waals surface area (Å²) in [5, 5.41) is 0. The molecular formula is C17H26O2. The van der Waals surface area contributed by atoms with E-state index in [2.05, 4.69) is 51.5 Å². The molecule has 0 radical (unpaired) electrons. The quantitative estimate of drug-likeness (QED) is 0.764. The zero-order valence-corrected chi connectivity index (χ0v) is 13.1. The van der Waals surface area contributed by atoms with Crippen molar-refractivity contribution in [2.75, 3.05) is 7.11 Å². The Balaban J connectivity index is 2.83. The molecule has 0 saturated heterocycles. The third-order valence-electron chi connectivity index (χ3n) is 3.60. The van der Waals surface area contributed by atoms with E-state index in [0.717, 1.165) is 12.8 Å². The van der Waals surface area contributed by atoms with Crippen molar-refractivity contribution >= 4 is 5.97 Å². The summed E-state index contributed by atoms with van der Waals surface area (Å²) >= 11 is 0. The van der Waals surface area contributed by atoms with Crippen LogP contribution < -0.4 is 0 Å². The second-order valence-electron chi connectivity index (χ2n) is 6.27. The summed E-state index contributed by atoms with van der Waals surface area (Å²) in [4.78, 5) is 11.1. The summed E-state index contributed by atoms with van der Waals surface area (Å²) in [6.45, 7) is 11.0. The van der Waals surface area contributed by atoms with Crippen molar-refractivity contribution in [2.24, 2.45) is 0 Å². The lowest BCUT2D eigenvalue weighted by molar-refractivity contribution is -0.140. The van der Waals surface area contributed by atoms with E-state index in [1.54, 1.807) is 0 Å². The normalized spacial score (nSPS) is 11.5. The van der Waals surface area contributed by atoms with E-state index in [0.29, 0.717) is 6.42 Å². The fraction of sp³-hybridized carbons (Fsp3) is 0.588. The van der Waals surface area contributed by atoms with Gasteiger partial charge in [-0.2, -0.15) is 0 Å². The lowest BCUT2D eigenvalue weighted by atomic mass is 9.83. The van der Waals surface area contributed by atoms with Crippen LogP contribution in [0.15, 0.2) is 12.1 Å². The molecule has 0 aliphatic rings. The first-order chi connectivity index (χ1) is 8.75. The van der Waals surface area contributed by atoms with E-state index in [4.69, 9.17) is 0 Å². The van der Waals surface area contributed by atoms with Gasteiger partial charge in [-0.15, -0.1) is 0 Å². The highest BCUT2D eigenvalue weighted by atomic mass is 16.5. The van der Waals surface area contributed by atoms with Crippen LogP contribution in [0.5, 0.6) is 0 Å². The maximum Gasteiger partial charge on any atom is 0.305 e. The lowest BCUT2D eigenvalue weighted by Crippen LogP contribution is -2.12. The van der Waals surface area contributed by atoms with E-state index in [-0.39, 0.29) is 11.4 Å². The molecule has 0 amide bonds. The van der Waals surface area contributed by atoms with Gasteiger partial charge in [0.15, 0.2) is 0 Å². The summed E-state index contributed by atoms with van der Waals surface area (Å²) in [6, 6.07) is 4.56. The number of carbonyl (C=O) groups is 1. The summed E-state index contributed by atoms with van der Waals surface area (Å²) in [6.07, 6.45) is 2.29. The van der Waals surface area contributed by atoms with Crippen LogP contribution in [0.3, 0.4) is 0 Å². The van der Waals surface area contributed by atoms with Crippen molar-refractivity contribution in [3.63, 3.8) is 0 Å². The first-order valence-electron chi connectivity index (χ1n) is 6.93. The van der Waals surface area contributed by atoms with E-state index >= 15 is 0 Å². The molecular weight excluding hydrogens is 236 g/mol. The van der Waals surface area contributed by atoms with Gasteiger partial charge in [0.05, 0.1) is 7.11 Å². The van der Waals surface area contributed by atoms with E-state index in [1.165, 1.54) is 29.4 Å². The van der Waals surface area contributed by atoms with E-state index in [1.807, 2.05) is 0 Å². The second-order valence-corrected chi connectivity index (χ2v) is 6.27. The molecule has 0 fully saturated rings. The number of carbonyl (C=O) groups excluding carboxylic acids is 1. The standard InChI is InChI=1S/C17H26O2/c1-12-10-14(17(3,4)5)11-13(2)15(12)8-7-9-16(18)19-6/h10-11H,7-9H2,1-6H3. The van der Waals surface area contributed by atoms with Gasteiger partial charge in [0.25, 0.3) is 0 Å². The summed E-state index contributed by atoms with van der Waals surface area (Å²) in [7, 11) is 1.44. The topological polar surface area (TPSA) is 26.3 Å². The van der Waals surface area contributed by atoms with Crippen LogP contribution >= 0.6 is 0 Å². The maximum atomic E-state index is 11.1.